The number of hydrogen-bond acceptors (Lipinski definition) is 6. The summed E-state index contributed by atoms with van der Waals surface area (Å²) in [6.07, 6.45) is 1.50. The highest BCUT2D eigenvalue weighted by Crippen LogP contribution is 2.29. The lowest BCUT2D eigenvalue weighted by atomic mass is 9.90. The van der Waals surface area contributed by atoms with Crippen LogP contribution in [0.15, 0.2) is 48.7 Å². The number of imidazole rings is 1. The Balaban J connectivity index is 1.26. The molecule has 3 aromatic heterocycles. The van der Waals surface area contributed by atoms with Crippen molar-refractivity contribution >= 4 is 33.5 Å². The minimum Gasteiger partial charge on any atom is -0.493 e. The molecule has 0 radical (unpaired) electrons. The summed E-state index contributed by atoms with van der Waals surface area (Å²) in [5, 5.41) is 5.28. The molecule has 6 rings (SSSR count). The summed E-state index contributed by atoms with van der Waals surface area (Å²) in [6.45, 7) is 6.04. The van der Waals surface area contributed by atoms with Gasteiger partial charge in [-0.05, 0) is 43.3 Å². The number of hydrogen-bond donors (Lipinski definition) is 3. The van der Waals surface area contributed by atoms with Crippen molar-refractivity contribution in [3.63, 3.8) is 0 Å². The summed E-state index contributed by atoms with van der Waals surface area (Å²) < 4.78 is 12.8. The van der Waals surface area contributed by atoms with Gasteiger partial charge in [-0.3, -0.25) is 4.79 Å². The van der Waals surface area contributed by atoms with E-state index in [9.17, 15) is 4.79 Å². The summed E-state index contributed by atoms with van der Waals surface area (Å²) in [5.74, 6) is 1.63. The largest absolute Gasteiger partial charge is 0.493 e. The molecule has 0 unspecified atom stereocenters. The lowest BCUT2D eigenvalue weighted by Gasteiger charge is -2.37. The van der Waals surface area contributed by atoms with Gasteiger partial charge in [0.15, 0.2) is 0 Å². The zero-order chi connectivity index (χ0) is 23.4. The summed E-state index contributed by atoms with van der Waals surface area (Å²) in [7, 11) is 0. The molecule has 34 heavy (non-hydrogen) atoms. The van der Waals surface area contributed by atoms with Crippen molar-refractivity contribution in [3.05, 3.63) is 65.7 Å². The fraction of sp³-hybridized carbons (Fsp3) is 0.240. The second-order valence-corrected chi connectivity index (χ2v) is 9.23. The first-order valence-electron chi connectivity index (χ1n) is 11.1. The smallest absolute Gasteiger partial charge is 0.214 e. The van der Waals surface area contributed by atoms with Crippen LogP contribution in [0.25, 0.3) is 27.6 Å². The number of anilines is 1. The number of aryl methyl sites for hydroxylation is 1. The van der Waals surface area contributed by atoms with Crippen LogP contribution in [-0.4, -0.2) is 50.3 Å². The number of carbonyl (C=O) groups excluding carboxylic acids is 1. The second kappa shape index (κ2) is 7.46. The van der Waals surface area contributed by atoms with Crippen LogP contribution in [0.1, 0.15) is 28.8 Å². The van der Waals surface area contributed by atoms with Crippen molar-refractivity contribution in [2.24, 2.45) is 5.41 Å². The number of rotatable bonds is 6. The van der Waals surface area contributed by atoms with E-state index >= 15 is 0 Å². The molecule has 9 nitrogen and oxygen atoms in total. The van der Waals surface area contributed by atoms with Crippen LogP contribution >= 0.6 is 0 Å². The van der Waals surface area contributed by atoms with Gasteiger partial charge >= 0.3 is 0 Å². The van der Waals surface area contributed by atoms with E-state index in [1.807, 2.05) is 49.4 Å². The molecule has 0 atom stereocenters. The van der Waals surface area contributed by atoms with Crippen molar-refractivity contribution in [2.45, 2.75) is 13.8 Å². The first-order valence-corrected chi connectivity index (χ1v) is 11.1. The Bertz CT molecular complexity index is 1560. The van der Waals surface area contributed by atoms with Gasteiger partial charge in [0.05, 0.1) is 54.0 Å². The quantitative estimate of drug-likeness (QED) is 0.334. The van der Waals surface area contributed by atoms with Gasteiger partial charge < -0.3 is 25.2 Å². The van der Waals surface area contributed by atoms with Crippen molar-refractivity contribution in [1.82, 2.24) is 24.7 Å². The lowest BCUT2D eigenvalue weighted by molar-refractivity contribution is -0.120. The maximum atomic E-state index is 13.3. The number of ketones is 1. The number of nitrogen functional groups attached to an aromatic ring is 1. The molecule has 0 saturated carbocycles. The molecule has 0 bridgehead atoms. The molecule has 9 heteroatoms. The van der Waals surface area contributed by atoms with Crippen LogP contribution in [0.4, 0.5) is 5.82 Å². The molecule has 4 heterocycles. The highest BCUT2D eigenvalue weighted by atomic mass is 16.5. The van der Waals surface area contributed by atoms with Gasteiger partial charge in [-0.15, -0.1) is 0 Å². The number of H-pyrrole nitrogens is 2. The average Bonchev–Trinajstić information content (AvgIpc) is 3.50. The van der Waals surface area contributed by atoms with Gasteiger partial charge in [-0.2, -0.15) is 5.10 Å². The minimum atomic E-state index is -0.224. The van der Waals surface area contributed by atoms with Gasteiger partial charge in [-0.25, -0.2) is 9.67 Å². The van der Waals surface area contributed by atoms with E-state index in [1.165, 1.54) is 6.20 Å². The fourth-order valence-corrected chi connectivity index (χ4v) is 4.25. The molecule has 5 aromatic rings. The minimum absolute atomic E-state index is 0.0595. The van der Waals surface area contributed by atoms with Gasteiger partial charge in [0.1, 0.15) is 17.4 Å². The molecular formula is C25H24N6O3. The molecule has 4 N–H and O–H groups in total. The normalized spacial score (nSPS) is 15.0. The number of nitrogens with zero attached hydrogens (tertiary/aromatic N) is 3. The Hall–Kier alpha value is -4.11. The number of benzene rings is 2. The zero-order valence-electron chi connectivity index (χ0n) is 18.9. The van der Waals surface area contributed by atoms with Gasteiger partial charge in [-0.1, -0.05) is 6.92 Å². The highest BCUT2D eigenvalue weighted by Gasteiger charge is 2.34. The van der Waals surface area contributed by atoms with Crippen LogP contribution in [-0.2, 0) is 4.74 Å². The maximum Gasteiger partial charge on any atom is 0.214 e. The Labute approximate surface area is 194 Å². The lowest BCUT2D eigenvalue weighted by Crippen LogP contribution is -2.44. The molecule has 1 aliphatic rings. The third-order valence-electron chi connectivity index (χ3n) is 6.21. The Morgan fingerprint density at radius 2 is 2.03 bits per heavy atom. The molecule has 1 fully saturated rings. The van der Waals surface area contributed by atoms with Crippen molar-refractivity contribution in [3.8, 4) is 11.4 Å². The third-order valence-corrected chi connectivity index (χ3v) is 6.21. The van der Waals surface area contributed by atoms with Gasteiger partial charge in [0, 0.05) is 22.4 Å². The topological polar surface area (TPSA) is 124 Å². The summed E-state index contributed by atoms with van der Waals surface area (Å²) in [6, 6.07) is 13.3. The maximum absolute atomic E-state index is 13.3. The Morgan fingerprint density at radius 1 is 1.18 bits per heavy atom. The van der Waals surface area contributed by atoms with E-state index in [1.54, 1.807) is 4.68 Å². The van der Waals surface area contributed by atoms with Crippen LogP contribution in [0.2, 0.25) is 0 Å². The predicted octanol–water partition coefficient (Wildman–Crippen LogP) is 3.77. The summed E-state index contributed by atoms with van der Waals surface area (Å²) in [4.78, 5) is 24.1. The molecule has 1 saturated heterocycles. The van der Waals surface area contributed by atoms with E-state index in [0.29, 0.717) is 31.1 Å². The molecule has 172 valence electrons. The average molecular weight is 457 g/mol. The molecule has 0 spiro atoms. The summed E-state index contributed by atoms with van der Waals surface area (Å²) in [5.41, 5.74) is 10.5. The zero-order valence-corrected chi connectivity index (χ0v) is 18.9. The number of ether oxygens (including phenoxy) is 2. The number of nitrogens with one attached hydrogen (secondary N) is 2. The summed E-state index contributed by atoms with van der Waals surface area (Å²) >= 11 is 0. The molecule has 0 aliphatic carbocycles. The van der Waals surface area contributed by atoms with E-state index in [-0.39, 0.29) is 17.0 Å². The number of nitrogens with two attached hydrogens (primary N) is 1. The highest BCUT2D eigenvalue weighted by molar-refractivity contribution is 6.12. The number of fused-ring (bicyclic) bond motifs is 2. The third kappa shape index (κ3) is 3.41. The van der Waals surface area contributed by atoms with Crippen molar-refractivity contribution < 1.29 is 14.3 Å². The van der Waals surface area contributed by atoms with Crippen LogP contribution < -0.4 is 10.5 Å². The van der Waals surface area contributed by atoms with Crippen LogP contribution in [0.3, 0.4) is 0 Å². The predicted molar refractivity (Wildman–Crippen MR) is 129 cm³/mol. The van der Waals surface area contributed by atoms with Crippen LogP contribution in [0.5, 0.6) is 5.75 Å². The monoisotopic (exact) mass is 456 g/mol. The Kier molecular flexibility index (Phi) is 4.50. The Morgan fingerprint density at radius 3 is 2.82 bits per heavy atom. The SMILES string of the molecule is Cc1nc2cc(-n3ncc(C(=O)c4cc5ccc(OCC6(C)COC6)cc5[nH]4)c3N)ccc2[nH]1. The molecule has 2 aromatic carbocycles. The molecule has 1 aliphatic heterocycles. The molecular weight excluding hydrogens is 432 g/mol. The second-order valence-electron chi connectivity index (χ2n) is 9.23. The van der Waals surface area contributed by atoms with E-state index in [2.05, 4.69) is 27.0 Å². The first-order chi connectivity index (χ1) is 16.4. The van der Waals surface area contributed by atoms with Crippen LogP contribution in [0, 0.1) is 12.3 Å². The number of aromatic amines is 2. The van der Waals surface area contributed by atoms with E-state index in [0.717, 1.165) is 39.2 Å². The van der Waals surface area contributed by atoms with E-state index in [4.69, 9.17) is 15.2 Å². The van der Waals surface area contributed by atoms with E-state index < -0.39 is 0 Å². The number of aromatic nitrogens is 5. The van der Waals surface area contributed by atoms with Gasteiger partial charge in [0.25, 0.3) is 0 Å². The fourth-order valence-electron chi connectivity index (χ4n) is 4.25. The van der Waals surface area contributed by atoms with Crippen molar-refractivity contribution in [1.29, 1.82) is 0 Å². The van der Waals surface area contributed by atoms with Crippen molar-refractivity contribution in [2.75, 3.05) is 25.6 Å². The number of carbonyl (C=O) groups is 1. The molecule has 0 amide bonds. The van der Waals surface area contributed by atoms with Gasteiger partial charge in [0.2, 0.25) is 5.78 Å². The first kappa shape index (κ1) is 20.5. The standard InChI is InChI=1S/C25H24N6O3/c1-14-28-19-6-4-16(8-21(19)29-14)31-24(26)18(10-27-31)23(32)22-7-15-3-5-17(9-20(15)30-22)34-13-25(2)11-33-12-25/h3-10,30H,11-13,26H2,1-2H3,(H,28,29).